The Morgan fingerprint density at radius 1 is 1.41 bits per heavy atom. The molecule has 2 aliphatic rings. The Morgan fingerprint density at radius 2 is 2.18 bits per heavy atom. The third-order valence-corrected chi connectivity index (χ3v) is 5.63. The summed E-state index contributed by atoms with van der Waals surface area (Å²) in [6, 6.07) is 7.92. The van der Waals surface area contributed by atoms with Crippen LogP contribution in [0.25, 0.3) is 0 Å². The van der Waals surface area contributed by atoms with Gasteiger partial charge in [0.1, 0.15) is 0 Å². The Labute approximate surface area is 132 Å². The Morgan fingerprint density at radius 3 is 2.91 bits per heavy atom. The molecule has 1 aliphatic carbocycles. The zero-order chi connectivity index (χ0) is 15.7. The van der Waals surface area contributed by atoms with Crippen molar-refractivity contribution in [2.24, 2.45) is 5.41 Å². The van der Waals surface area contributed by atoms with E-state index in [9.17, 15) is 9.90 Å². The standard InChI is InChI=1S/C18H25NO3/c1-18-9-10-19(16(18)8-7-14(11-18)22-2)12-13-5-3-4-6-15(13)17(20)21/h3-6,14,16H,7-12H2,1-2H3,(H,20,21)/t14-,16-,18+/m1/s1. The summed E-state index contributed by atoms with van der Waals surface area (Å²) in [6.07, 6.45) is 4.92. The van der Waals surface area contributed by atoms with Gasteiger partial charge in [-0.3, -0.25) is 4.90 Å². The first-order chi connectivity index (χ1) is 10.5. The molecular formula is C18H25NO3. The van der Waals surface area contributed by atoms with E-state index in [1.807, 2.05) is 19.2 Å². The number of likely N-dealkylation sites (tertiary alicyclic amines) is 1. The van der Waals surface area contributed by atoms with Gasteiger partial charge in [-0.1, -0.05) is 25.1 Å². The molecule has 1 aromatic carbocycles. The predicted molar refractivity (Wildman–Crippen MR) is 85.0 cm³/mol. The molecule has 0 unspecified atom stereocenters. The van der Waals surface area contributed by atoms with Gasteiger partial charge in [0.2, 0.25) is 0 Å². The molecule has 4 nitrogen and oxygen atoms in total. The number of hydrogen-bond donors (Lipinski definition) is 1. The lowest BCUT2D eigenvalue weighted by molar-refractivity contribution is -0.00565. The molecule has 1 heterocycles. The molecule has 0 aromatic heterocycles. The van der Waals surface area contributed by atoms with Crippen LogP contribution in [-0.2, 0) is 11.3 Å². The van der Waals surface area contributed by atoms with Gasteiger partial charge < -0.3 is 9.84 Å². The highest BCUT2D eigenvalue weighted by atomic mass is 16.5. The second kappa shape index (κ2) is 6.01. The summed E-state index contributed by atoms with van der Waals surface area (Å²) in [5, 5.41) is 9.35. The van der Waals surface area contributed by atoms with Crippen molar-refractivity contribution in [1.82, 2.24) is 4.90 Å². The van der Waals surface area contributed by atoms with Gasteiger partial charge in [0.25, 0.3) is 0 Å². The molecule has 0 bridgehead atoms. The molecule has 1 saturated carbocycles. The van der Waals surface area contributed by atoms with Crippen LogP contribution < -0.4 is 0 Å². The molecular weight excluding hydrogens is 278 g/mol. The largest absolute Gasteiger partial charge is 0.478 e. The number of ether oxygens (including phenoxy) is 1. The molecule has 0 spiro atoms. The van der Waals surface area contributed by atoms with Gasteiger partial charge in [-0.25, -0.2) is 4.79 Å². The number of hydrogen-bond acceptors (Lipinski definition) is 3. The lowest BCUT2D eigenvalue weighted by Gasteiger charge is -2.42. The van der Waals surface area contributed by atoms with E-state index >= 15 is 0 Å². The monoisotopic (exact) mass is 303 g/mol. The van der Waals surface area contributed by atoms with Gasteiger partial charge in [-0.15, -0.1) is 0 Å². The fourth-order valence-electron chi connectivity index (χ4n) is 4.37. The molecule has 2 fully saturated rings. The maximum Gasteiger partial charge on any atom is 0.336 e. The molecule has 0 radical (unpaired) electrons. The minimum atomic E-state index is -0.833. The van der Waals surface area contributed by atoms with Gasteiger partial charge in [-0.2, -0.15) is 0 Å². The van der Waals surface area contributed by atoms with Crippen LogP contribution in [0.15, 0.2) is 24.3 Å². The number of aromatic carboxylic acids is 1. The average molecular weight is 303 g/mol. The quantitative estimate of drug-likeness (QED) is 0.928. The second-order valence-electron chi connectivity index (χ2n) is 6.99. The van der Waals surface area contributed by atoms with Gasteiger partial charge >= 0.3 is 5.97 Å². The van der Waals surface area contributed by atoms with Crippen LogP contribution in [0, 0.1) is 5.41 Å². The molecule has 1 aromatic rings. The van der Waals surface area contributed by atoms with Crippen LogP contribution in [0.2, 0.25) is 0 Å². The molecule has 0 amide bonds. The van der Waals surface area contributed by atoms with E-state index in [0.29, 0.717) is 23.1 Å². The van der Waals surface area contributed by atoms with Crippen molar-refractivity contribution in [1.29, 1.82) is 0 Å². The number of methoxy groups -OCH3 is 1. The summed E-state index contributed by atoms with van der Waals surface area (Å²) in [7, 11) is 1.81. The molecule has 22 heavy (non-hydrogen) atoms. The first-order valence-corrected chi connectivity index (χ1v) is 8.11. The lowest BCUT2D eigenvalue weighted by atomic mass is 9.71. The number of nitrogens with zero attached hydrogens (tertiary/aromatic N) is 1. The van der Waals surface area contributed by atoms with Gasteiger partial charge in [0.15, 0.2) is 0 Å². The molecule has 1 aliphatic heterocycles. The number of fused-ring (bicyclic) bond motifs is 1. The highest BCUT2D eigenvalue weighted by Crippen LogP contribution is 2.47. The van der Waals surface area contributed by atoms with Gasteiger partial charge in [-0.05, 0) is 49.3 Å². The van der Waals surface area contributed by atoms with Crippen LogP contribution >= 0.6 is 0 Å². The van der Waals surface area contributed by atoms with Crippen LogP contribution in [0.1, 0.15) is 48.5 Å². The van der Waals surface area contributed by atoms with Crippen molar-refractivity contribution in [3.8, 4) is 0 Å². The molecule has 1 N–H and O–H groups in total. The van der Waals surface area contributed by atoms with Crippen molar-refractivity contribution in [2.45, 2.75) is 51.3 Å². The summed E-state index contributed by atoms with van der Waals surface area (Å²) >= 11 is 0. The third-order valence-electron chi connectivity index (χ3n) is 5.63. The van der Waals surface area contributed by atoms with E-state index in [0.717, 1.165) is 37.9 Å². The van der Waals surface area contributed by atoms with Crippen molar-refractivity contribution in [2.75, 3.05) is 13.7 Å². The fourth-order valence-corrected chi connectivity index (χ4v) is 4.37. The molecule has 3 rings (SSSR count). The predicted octanol–water partition coefficient (Wildman–Crippen LogP) is 3.16. The minimum absolute atomic E-state index is 0.303. The van der Waals surface area contributed by atoms with Crippen LogP contribution in [0.4, 0.5) is 0 Å². The summed E-state index contributed by atoms with van der Waals surface area (Å²) in [5.74, 6) is -0.833. The summed E-state index contributed by atoms with van der Waals surface area (Å²) in [4.78, 5) is 13.9. The first-order valence-electron chi connectivity index (χ1n) is 8.11. The number of rotatable bonds is 4. The van der Waals surface area contributed by atoms with E-state index in [1.54, 1.807) is 12.1 Å². The van der Waals surface area contributed by atoms with Crippen molar-refractivity contribution in [3.05, 3.63) is 35.4 Å². The SMILES string of the molecule is CO[C@@H]1CC[C@H]2N(Cc3ccccc3C(=O)O)CC[C@@]2(C)C1. The number of carboxylic acid groups (broad SMARTS) is 1. The van der Waals surface area contributed by atoms with E-state index in [-0.39, 0.29) is 0 Å². The molecule has 120 valence electrons. The maximum atomic E-state index is 11.4. The molecule has 1 saturated heterocycles. The zero-order valence-corrected chi connectivity index (χ0v) is 13.4. The Balaban J connectivity index is 1.77. The molecule has 3 atom stereocenters. The highest BCUT2D eigenvalue weighted by Gasteiger charge is 2.47. The summed E-state index contributed by atoms with van der Waals surface area (Å²) in [6.45, 7) is 4.15. The van der Waals surface area contributed by atoms with Gasteiger partial charge in [0, 0.05) is 19.7 Å². The number of carboxylic acids is 1. The maximum absolute atomic E-state index is 11.4. The fraction of sp³-hybridized carbons (Fsp3) is 0.611. The van der Waals surface area contributed by atoms with Crippen molar-refractivity contribution in [3.63, 3.8) is 0 Å². The zero-order valence-electron chi connectivity index (χ0n) is 13.4. The number of carbonyl (C=O) groups is 1. The van der Waals surface area contributed by atoms with Crippen LogP contribution in [-0.4, -0.2) is 41.8 Å². The summed E-state index contributed by atoms with van der Waals surface area (Å²) < 4.78 is 5.57. The normalized spacial score (nSPS) is 31.9. The highest BCUT2D eigenvalue weighted by molar-refractivity contribution is 5.89. The van der Waals surface area contributed by atoms with Crippen LogP contribution in [0.5, 0.6) is 0 Å². The van der Waals surface area contributed by atoms with Crippen molar-refractivity contribution >= 4 is 5.97 Å². The third kappa shape index (κ3) is 2.77. The van der Waals surface area contributed by atoms with Gasteiger partial charge in [0.05, 0.1) is 11.7 Å². The molecule has 4 heteroatoms. The number of benzene rings is 1. The van der Waals surface area contributed by atoms with E-state index in [2.05, 4.69) is 11.8 Å². The van der Waals surface area contributed by atoms with Crippen LogP contribution in [0.3, 0.4) is 0 Å². The Hall–Kier alpha value is -1.39. The van der Waals surface area contributed by atoms with Crippen molar-refractivity contribution < 1.29 is 14.6 Å². The average Bonchev–Trinajstić information content (AvgIpc) is 2.83. The smallest absolute Gasteiger partial charge is 0.336 e. The lowest BCUT2D eigenvalue weighted by Crippen LogP contribution is -2.44. The first kappa shape index (κ1) is 15.5. The van der Waals surface area contributed by atoms with E-state index in [1.165, 1.54) is 6.42 Å². The Kier molecular flexibility index (Phi) is 4.24. The van der Waals surface area contributed by atoms with E-state index in [4.69, 9.17) is 4.74 Å². The summed E-state index contributed by atoms with van der Waals surface area (Å²) in [5.41, 5.74) is 1.66. The van der Waals surface area contributed by atoms with E-state index < -0.39 is 5.97 Å². The Bertz CT molecular complexity index is 559. The topological polar surface area (TPSA) is 49.8 Å². The second-order valence-corrected chi connectivity index (χ2v) is 6.99. The minimum Gasteiger partial charge on any atom is -0.478 e.